The normalized spacial score (nSPS) is 14.7. The van der Waals surface area contributed by atoms with Gasteiger partial charge in [-0.1, -0.05) is 11.6 Å². The first-order valence-corrected chi connectivity index (χ1v) is 8.68. The summed E-state index contributed by atoms with van der Waals surface area (Å²) in [5, 5.41) is 17.2. The second-order valence-corrected chi connectivity index (χ2v) is 6.22. The zero-order valence-corrected chi connectivity index (χ0v) is 15.1. The van der Waals surface area contributed by atoms with Crippen molar-refractivity contribution in [3.63, 3.8) is 0 Å². The van der Waals surface area contributed by atoms with Crippen molar-refractivity contribution in [1.29, 1.82) is 0 Å². The van der Waals surface area contributed by atoms with E-state index in [0.717, 1.165) is 13.1 Å². The van der Waals surface area contributed by atoms with Crippen molar-refractivity contribution in [2.24, 2.45) is 0 Å². The van der Waals surface area contributed by atoms with Crippen LogP contribution < -0.4 is 10.6 Å². The van der Waals surface area contributed by atoms with Crippen LogP contribution in [-0.2, 0) is 4.74 Å². The molecule has 0 radical (unpaired) electrons. The fourth-order valence-electron chi connectivity index (χ4n) is 2.64. The maximum atomic E-state index is 13.3. The van der Waals surface area contributed by atoms with Crippen LogP contribution in [0.15, 0.2) is 24.5 Å². The van der Waals surface area contributed by atoms with Crippen LogP contribution in [0.5, 0.6) is 0 Å². The van der Waals surface area contributed by atoms with Gasteiger partial charge in [0.1, 0.15) is 12.1 Å². The molecule has 1 aliphatic heterocycles. The van der Waals surface area contributed by atoms with E-state index < -0.39 is 10.7 Å². The molecule has 0 aliphatic carbocycles. The zero-order valence-electron chi connectivity index (χ0n) is 14.3. The molecule has 9 nitrogen and oxygen atoms in total. The van der Waals surface area contributed by atoms with Crippen molar-refractivity contribution >= 4 is 34.6 Å². The molecule has 0 bridgehead atoms. The number of anilines is 3. The highest BCUT2D eigenvalue weighted by atomic mass is 35.5. The fraction of sp³-hybridized carbons (Fsp3) is 0.375. The third-order valence-electron chi connectivity index (χ3n) is 4.01. The van der Waals surface area contributed by atoms with Crippen molar-refractivity contribution in [2.45, 2.75) is 0 Å². The fourth-order valence-corrected chi connectivity index (χ4v) is 2.82. The second-order valence-electron chi connectivity index (χ2n) is 5.81. The van der Waals surface area contributed by atoms with E-state index >= 15 is 0 Å². The van der Waals surface area contributed by atoms with Gasteiger partial charge in [-0.3, -0.25) is 15.0 Å². The molecule has 144 valence electrons. The Balaban J connectivity index is 1.73. The number of benzene rings is 1. The highest BCUT2D eigenvalue weighted by Gasteiger charge is 2.23. The molecule has 0 amide bonds. The van der Waals surface area contributed by atoms with Crippen LogP contribution >= 0.6 is 11.6 Å². The maximum absolute atomic E-state index is 13.3. The van der Waals surface area contributed by atoms with Gasteiger partial charge in [-0.25, -0.2) is 14.4 Å². The Kier molecular flexibility index (Phi) is 6.32. The van der Waals surface area contributed by atoms with Crippen LogP contribution in [0.4, 0.5) is 27.4 Å². The first kappa shape index (κ1) is 19.2. The number of morpholine rings is 1. The molecular weight excluding hydrogens is 379 g/mol. The molecule has 0 spiro atoms. The number of nitro groups is 1. The van der Waals surface area contributed by atoms with Gasteiger partial charge >= 0.3 is 5.69 Å². The van der Waals surface area contributed by atoms with Gasteiger partial charge < -0.3 is 15.4 Å². The Morgan fingerprint density at radius 1 is 1.30 bits per heavy atom. The average Bonchev–Trinajstić information content (AvgIpc) is 2.65. The van der Waals surface area contributed by atoms with Gasteiger partial charge in [-0.2, -0.15) is 0 Å². The molecule has 0 atom stereocenters. The van der Waals surface area contributed by atoms with Crippen LogP contribution in [0, 0.1) is 15.9 Å². The van der Waals surface area contributed by atoms with E-state index in [1.165, 1.54) is 24.5 Å². The Labute approximate surface area is 159 Å². The Bertz CT molecular complexity index is 819. The third-order valence-corrected chi connectivity index (χ3v) is 4.30. The zero-order chi connectivity index (χ0) is 19.2. The topological polar surface area (TPSA) is 105 Å². The molecule has 1 aromatic heterocycles. The van der Waals surface area contributed by atoms with E-state index in [9.17, 15) is 14.5 Å². The molecule has 3 rings (SSSR count). The Morgan fingerprint density at radius 3 is 2.74 bits per heavy atom. The van der Waals surface area contributed by atoms with E-state index in [0.29, 0.717) is 32.0 Å². The second kappa shape index (κ2) is 8.89. The number of rotatable bonds is 7. The molecule has 0 unspecified atom stereocenters. The molecule has 1 aromatic carbocycles. The summed E-state index contributed by atoms with van der Waals surface area (Å²) in [5.41, 5.74) is 0.0855. The molecule has 1 fully saturated rings. The minimum absolute atomic E-state index is 0.00783. The lowest BCUT2D eigenvalue weighted by atomic mass is 10.3. The Morgan fingerprint density at radius 2 is 2.04 bits per heavy atom. The van der Waals surface area contributed by atoms with Crippen molar-refractivity contribution in [3.05, 3.63) is 45.5 Å². The van der Waals surface area contributed by atoms with Crippen LogP contribution in [0.3, 0.4) is 0 Å². The molecular formula is C16H18ClFN6O3. The summed E-state index contributed by atoms with van der Waals surface area (Å²) in [4.78, 5) is 21.1. The molecule has 27 heavy (non-hydrogen) atoms. The number of hydrogen-bond acceptors (Lipinski definition) is 8. The van der Waals surface area contributed by atoms with Gasteiger partial charge in [0, 0.05) is 31.9 Å². The van der Waals surface area contributed by atoms with E-state index in [1.807, 2.05) is 0 Å². The molecule has 2 N–H and O–H groups in total. The van der Waals surface area contributed by atoms with Crippen molar-refractivity contribution < 1.29 is 14.1 Å². The quantitative estimate of drug-likeness (QED) is 0.543. The Hall–Kier alpha value is -2.56. The number of aromatic nitrogens is 2. The standard InChI is InChI=1S/C16H18ClFN6O3/c17-12-9-11(1-2-13(12)18)22-16-14(24(25)26)15(20-10-21-16)19-3-4-23-5-7-27-8-6-23/h1-2,9-10H,3-8H2,(H2,19,20,21,22). The predicted molar refractivity (Wildman–Crippen MR) is 99.1 cm³/mol. The van der Waals surface area contributed by atoms with Crippen LogP contribution in [0.2, 0.25) is 5.02 Å². The summed E-state index contributed by atoms with van der Waals surface area (Å²) < 4.78 is 18.6. The van der Waals surface area contributed by atoms with Gasteiger partial charge in [0.2, 0.25) is 11.6 Å². The lowest BCUT2D eigenvalue weighted by Crippen LogP contribution is -2.39. The minimum atomic E-state index is -0.579. The summed E-state index contributed by atoms with van der Waals surface area (Å²) in [5.74, 6) is -0.476. The molecule has 1 saturated heterocycles. The summed E-state index contributed by atoms with van der Waals surface area (Å²) >= 11 is 5.75. The van der Waals surface area contributed by atoms with Gasteiger partial charge in [-0.05, 0) is 18.2 Å². The molecule has 11 heteroatoms. The molecule has 0 saturated carbocycles. The van der Waals surface area contributed by atoms with Crippen molar-refractivity contribution in [3.8, 4) is 0 Å². The SMILES string of the molecule is O=[N+]([O-])c1c(NCCN2CCOCC2)ncnc1Nc1ccc(F)c(Cl)c1. The lowest BCUT2D eigenvalue weighted by Gasteiger charge is -2.26. The first-order valence-electron chi connectivity index (χ1n) is 8.30. The molecule has 1 aliphatic rings. The molecule has 2 aromatic rings. The van der Waals surface area contributed by atoms with Crippen LogP contribution in [0.1, 0.15) is 0 Å². The van der Waals surface area contributed by atoms with E-state index in [1.54, 1.807) is 0 Å². The van der Waals surface area contributed by atoms with Crippen LogP contribution in [0.25, 0.3) is 0 Å². The van der Waals surface area contributed by atoms with E-state index in [4.69, 9.17) is 16.3 Å². The predicted octanol–water partition coefficient (Wildman–Crippen LogP) is 2.67. The number of nitrogens with one attached hydrogen (secondary N) is 2. The minimum Gasteiger partial charge on any atom is -0.379 e. The van der Waals surface area contributed by atoms with Gasteiger partial charge in [0.05, 0.1) is 23.2 Å². The number of halogens is 2. The highest BCUT2D eigenvalue weighted by molar-refractivity contribution is 6.31. The monoisotopic (exact) mass is 396 g/mol. The number of ether oxygens (including phenoxy) is 1. The summed E-state index contributed by atoms with van der Waals surface area (Å²) in [6.07, 6.45) is 1.22. The van der Waals surface area contributed by atoms with Crippen molar-refractivity contribution in [2.75, 3.05) is 50.0 Å². The number of hydrogen-bond donors (Lipinski definition) is 2. The lowest BCUT2D eigenvalue weighted by molar-refractivity contribution is -0.383. The smallest absolute Gasteiger partial charge is 0.353 e. The van der Waals surface area contributed by atoms with E-state index in [2.05, 4.69) is 25.5 Å². The third kappa shape index (κ3) is 5.00. The van der Waals surface area contributed by atoms with Gasteiger partial charge in [0.25, 0.3) is 0 Å². The van der Waals surface area contributed by atoms with E-state index in [-0.39, 0.29) is 22.3 Å². The van der Waals surface area contributed by atoms with Crippen LogP contribution in [-0.4, -0.2) is 59.2 Å². The molecule has 2 heterocycles. The van der Waals surface area contributed by atoms with Gasteiger partial charge in [-0.15, -0.1) is 0 Å². The average molecular weight is 397 g/mol. The summed E-state index contributed by atoms with van der Waals surface area (Å²) in [6, 6.07) is 3.91. The largest absolute Gasteiger partial charge is 0.379 e. The summed E-state index contributed by atoms with van der Waals surface area (Å²) in [7, 11) is 0. The van der Waals surface area contributed by atoms with Crippen molar-refractivity contribution in [1.82, 2.24) is 14.9 Å². The summed E-state index contributed by atoms with van der Waals surface area (Å²) in [6.45, 7) is 4.21. The van der Waals surface area contributed by atoms with Gasteiger partial charge in [0.15, 0.2) is 0 Å². The number of nitrogens with zero attached hydrogens (tertiary/aromatic N) is 4. The maximum Gasteiger partial charge on any atom is 0.353 e. The first-order chi connectivity index (χ1) is 13.0. The highest BCUT2D eigenvalue weighted by Crippen LogP contribution is 2.31.